The Bertz CT molecular complexity index is 581. The first-order chi connectivity index (χ1) is 9.29. The molecule has 0 radical (unpaired) electrons. The molecule has 1 heterocycles. The summed E-state index contributed by atoms with van der Waals surface area (Å²) in [5, 5.41) is 9.21. The molecule has 0 bridgehead atoms. The molecule has 0 fully saturated rings. The maximum atomic E-state index is 12.4. The predicted molar refractivity (Wildman–Crippen MR) is 70.5 cm³/mol. The number of aliphatic hydroxyl groups excluding tert-OH is 1. The molecule has 2 rings (SSSR count). The molecule has 1 atom stereocenters. The van der Waals surface area contributed by atoms with E-state index in [-0.39, 0.29) is 5.56 Å². The molecule has 2 aromatic rings. The van der Waals surface area contributed by atoms with E-state index >= 15 is 0 Å². The zero-order valence-electron chi connectivity index (χ0n) is 11.3. The van der Waals surface area contributed by atoms with Gasteiger partial charge in [-0.1, -0.05) is 18.2 Å². The number of benzene rings is 1. The van der Waals surface area contributed by atoms with Crippen LogP contribution in [0.15, 0.2) is 36.7 Å². The van der Waals surface area contributed by atoms with Crippen molar-refractivity contribution in [3.8, 4) is 0 Å². The molecule has 108 valence electrons. The van der Waals surface area contributed by atoms with Gasteiger partial charge in [0.1, 0.15) is 0 Å². The quantitative estimate of drug-likeness (QED) is 0.912. The Morgan fingerprint density at radius 3 is 2.30 bits per heavy atom. The Labute approximate surface area is 115 Å². The minimum atomic E-state index is -4.63. The molecule has 0 aliphatic rings. The fourth-order valence-corrected chi connectivity index (χ4v) is 2.19. The zero-order chi connectivity index (χ0) is 14.9. The second-order valence-electron chi connectivity index (χ2n) is 4.93. The highest BCUT2D eigenvalue weighted by Gasteiger charge is 2.39. The Hall–Kier alpha value is -1.75. The molecular weight excluding hydrogens is 267 g/mol. The van der Waals surface area contributed by atoms with Crippen molar-refractivity contribution in [3.05, 3.63) is 58.9 Å². The van der Waals surface area contributed by atoms with E-state index in [2.05, 4.69) is 0 Å². The molecular formula is C15H16F3NO. The highest BCUT2D eigenvalue weighted by molar-refractivity contribution is 5.34. The number of rotatable bonds is 3. The summed E-state index contributed by atoms with van der Waals surface area (Å²) in [5.74, 6) is 0. The van der Waals surface area contributed by atoms with Gasteiger partial charge in [-0.25, -0.2) is 0 Å². The lowest BCUT2D eigenvalue weighted by molar-refractivity contribution is -0.206. The third-order valence-corrected chi connectivity index (χ3v) is 3.38. The van der Waals surface area contributed by atoms with Gasteiger partial charge in [0.15, 0.2) is 6.10 Å². The Morgan fingerprint density at radius 1 is 1.15 bits per heavy atom. The molecule has 1 aromatic carbocycles. The minimum absolute atomic E-state index is 0.135. The van der Waals surface area contributed by atoms with Gasteiger partial charge >= 0.3 is 6.18 Å². The summed E-state index contributed by atoms with van der Waals surface area (Å²) in [6.45, 7) is 4.43. The van der Waals surface area contributed by atoms with E-state index in [1.54, 1.807) is 10.8 Å². The molecule has 0 saturated heterocycles. The van der Waals surface area contributed by atoms with Crippen molar-refractivity contribution in [2.45, 2.75) is 32.7 Å². The maximum Gasteiger partial charge on any atom is 0.418 e. The third kappa shape index (κ3) is 3.04. The molecule has 0 saturated carbocycles. The number of hydrogen-bond acceptors (Lipinski definition) is 1. The van der Waals surface area contributed by atoms with Crippen LogP contribution in [0, 0.1) is 13.8 Å². The third-order valence-electron chi connectivity index (χ3n) is 3.38. The van der Waals surface area contributed by atoms with E-state index < -0.39 is 12.3 Å². The highest BCUT2D eigenvalue weighted by Crippen LogP contribution is 2.32. The number of halogens is 3. The molecule has 1 N–H and O–H groups in total. The number of hydrogen-bond donors (Lipinski definition) is 1. The van der Waals surface area contributed by atoms with Crippen molar-refractivity contribution in [1.29, 1.82) is 0 Å². The predicted octanol–water partition coefficient (Wildman–Crippen LogP) is 3.75. The molecule has 1 unspecified atom stereocenters. The average Bonchev–Trinajstić information content (AvgIpc) is 2.80. The summed E-state index contributed by atoms with van der Waals surface area (Å²) in [6.07, 6.45) is -4.17. The molecule has 5 heteroatoms. The van der Waals surface area contributed by atoms with Crippen LogP contribution in [0.1, 0.15) is 28.4 Å². The summed E-state index contributed by atoms with van der Waals surface area (Å²) in [4.78, 5) is 0. The van der Waals surface area contributed by atoms with Gasteiger partial charge in [0.05, 0.1) is 0 Å². The van der Waals surface area contributed by atoms with E-state index in [0.29, 0.717) is 6.54 Å². The standard InChI is InChI=1S/C15H16F3NO/c1-10-4-3-5-11(2)13(10)9-19-7-6-12(8-19)14(20)15(16,17)18/h3-8,14,20H,9H2,1-2H3. The van der Waals surface area contributed by atoms with E-state index in [1.807, 2.05) is 32.0 Å². The first-order valence-corrected chi connectivity index (χ1v) is 6.24. The van der Waals surface area contributed by atoms with E-state index in [1.165, 1.54) is 12.3 Å². The number of nitrogens with zero attached hydrogens (tertiary/aromatic N) is 1. The summed E-state index contributed by atoms with van der Waals surface area (Å²) < 4.78 is 39.0. The van der Waals surface area contributed by atoms with Gasteiger partial charge in [0.2, 0.25) is 0 Å². The van der Waals surface area contributed by atoms with Crippen molar-refractivity contribution in [2.75, 3.05) is 0 Å². The maximum absolute atomic E-state index is 12.4. The SMILES string of the molecule is Cc1cccc(C)c1Cn1ccc(C(O)C(F)(F)F)c1. The molecule has 0 aliphatic carbocycles. The molecule has 1 aromatic heterocycles. The Balaban J connectivity index is 2.22. The van der Waals surface area contributed by atoms with Crippen molar-refractivity contribution in [1.82, 2.24) is 4.57 Å². The zero-order valence-corrected chi connectivity index (χ0v) is 11.3. The summed E-state index contributed by atoms with van der Waals surface area (Å²) in [5.41, 5.74) is 3.13. The van der Waals surface area contributed by atoms with Crippen LogP contribution in [0.3, 0.4) is 0 Å². The summed E-state index contributed by atoms with van der Waals surface area (Å²) >= 11 is 0. The van der Waals surface area contributed by atoms with Crippen molar-refractivity contribution in [3.63, 3.8) is 0 Å². The van der Waals surface area contributed by atoms with Crippen LogP contribution in [0.2, 0.25) is 0 Å². The van der Waals surface area contributed by atoms with Gasteiger partial charge in [0.25, 0.3) is 0 Å². The normalized spacial score (nSPS) is 13.5. The van der Waals surface area contributed by atoms with E-state index in [4.69, 9.17) is 0 Å². The van der Waals surface area contributed by atoms with Gasteiger partial charge in [-0.05, 0) is 36.6 Å². The van der Waals surface area contributed by atoms with Crippen molar-refractivity contribution >= 4 is 0 Å². The van der Waals surface area contributed by atoms with Crippen molar-refractivity contribution < 1.29 is 18.3 Å². The van der Waals surface area contributed by atoms with Gasteiger partial charge < -0.3 is 9.67 Å². The summed E-state index contributed by atoms with van der Waals surface area (Å²) in [7, 11) is 0. The molecule has 0 aliphatic heterocycles. The van der Waals surface area contributed by atoms with Crippen LogP contribution in [0.4, 0.5) is 13.2 Å². The molecule has 0 spiro atoms. The van der Waals surface area contributed by atoms with E-state index in [0.717, 1.165) is 16.7 Å². The van der Waals surface area contributed by atoms with Crippen LogP contribution in [-0.4, -0.2) is 15.8 Å². The minimum Gasteiger partial charge on any atom is -0.379 e. The number of aliphatic hydroxyl groups is 1. The van der Waals surface area contributed by atoms with Gasteiger partial charge in [0, 0.05) is 24.5 Å². The second-order valence-corrected chi connectivity index (χ2v) is 4.93. The topological polar surface area (TPSA) is 25.2 Å². The molecule has 0 amide bonds. The Morgan fingerprint density at radius 2 is 1.75 bits per heavy atom. The van der Waals surface area contributed by atoms with Crippen LogP contribution in [0.5, 0.6) is 0 Å². The van der Waals surface area contributed by atoms with Crippen LogP contribution in [0.25, 0.3) is 0 Å². The lowest BCUT2D eigenvalue weighted by Gasteiger charge is -2.13. The second kappa shape index (κ2) is 5.32. The lowest BCUT2D eigenvalue weighted by Crippen LogP contribution is -2.19. The first kappa shape index (κ1) is 14.7. The fourth-order valence-electron chi connectivity index (χ4n) is 2.19. The highest BCUT2D eigenvalue weighted by atomic mass is 19.4. The van der Waals surface area contributed by atoms with Crippen LogP contribution in [-0.2, 0) is 6.54 Å². The fraction of sp³-hybridized carbons (Fsp3) is 0.333. The number of aromatic nitrogens is 1. The Kier molecular flexibility index (Phi) is 3.90. The van der Waals surface area contributed by atoms with Gasteiger partial charge in [-0.2, -0.15) is 13.2 Å². The molecule has 2 nitrogen and oxygen atoms in total. The largest absolute Gasteiger partial charge is 0.418 e. The van der Waals surface area contributed by atoms with Crippen molar-refractivity contribution in [2.24, 2.45) is 0 Å². The monoisotopic (exact) mass is 283 g/mol. The smallest absolute Gasteiger partial charge is 0.379 e. The number of aryl methyl sites for hydroxylation is 2. The molecule has 20 heavy (non-hydrogen) atoms. The lowest BCUT2D eigenvalue weighted by atomic mass is 10.0. The van der Waals surface area contributed by atoms with E-state index in [9.17, 15) is 18.3 Å². The van der Waals surface area contributed by atoms with Crippen LogP contribution >= 0.6 is 0 Å². The van der Waals surface area contributed by atoms with Gasteiger partial charge in [-0.15, -0.1) is 0 Å². The first-order valence-electron chi connectivity index (χ1n) is 6.24. The van der Waals surface area contributed by atoms with Gasteiger partial charge in [-0.3, -0.25) is 0 Å². The summed E-state index contributed by atoms with van der Waals surface area (Å²) in [6, 6.07) is 7.18. The average molecular weight is 283 g/mol. The number of alkyl halides is 3. The van der Waals surface area contributed by atoms with Crippen LogP contribution < -0.4 is 0 Å².